The smallest absolute Gasteiger partial charge is 0.294 e. The van der Waals surface area contributed by atoms with E-state index < -0.39 is 30.4 Å². The van der Waals surface area contributed by atoms with E-state index in [1.165, 1.54) is 85.9 Å². The largest absolute Gasteiger partial charge is 0.456 e. The first-order valence-corrected chi connectivity index (χ1v) is 44.7. The van der Waals surface area contributed by atoms with Gasteiger partial charge in [0, 0.05) is 136 Å². The Labute approximate surface area is 668 Å². The van der Waals surface area contributed by atoms with E-state index in [9.17, 15) is 53.3 Å². The summed E-state index contributed by atoms with van der Waals surface area (Å²) in [6, 6.07) is 39.0. The average Bonchev–Trinajstić information content (AvgIpc) is 0.917. The fraction of sp³-hybridized carbons (Fsp3) is 0.341. The summed E-state index contributed by atoms with van der Waals surface area (Å²) in [4.78, 5) is 37.1. The lowest BCUT2D eigenvalue weighted by Gasteiger charge is -2.27. The minimum absolute atomic E-state index is 0.0470. The highest BCUT2D eigenvalue weighted by molar-refractivity contribution is 7.86. The van der Waals surface area contributed by atoms with E-state index in [1.807, 2.05) is 75.4 Å². The predicted molar refractivity (Wildman–Crippen MR) is 433 cm³/mol. The van der Waals surface area contributed by atoms with Gasteiger partial charge in [-0.05, 0) is 182 Å². The van der Waals surface area contributed by atoms with E-state index in [0.717, 1.165) is 258 Å². The molecule has 592 valence electrons. The number of Topliss-reactive ketones (excluding diaryl/α,β-unsaturated/α-hetero) is 3. The molecule has 10 heterocycles. The second-order valence-electron chi connectivity index (χ2n) is 32.3. The number of hydrogen-bond donors (Lipinski definition) is 6. The van der Waals surface area contributed by atoms with Gasteiger partial charge in [-0.2, -0.15) is 25.3 Å². The molecule has 0 amide bonds. The lowest BCUT2D eigenvalue weighted by molar-refractivity contribution is -0.657. The van der Waals surface area contributed by atoms with Gasteiger partial charge in [0.15, 0.2) is 11.6 Å². The van der Waals surface area contributed by atoms with Gasteiger partial charge in [-0.1, -0.05) is 54.6 Å². The van der Waals surface area contributed by atoms with Crippen molar-refractivity contribution in [2.75, 3.05) is 58.9 Å². The zero-order valence-corrected chi connectivity index (χ0v) is 67.5. The van der Waals surface area contributed by atoms with Crippen LogP contribution in [0.25, 0.3) is 16.7 Å². The van der Waals surface area contributed by atoms with Gasteiger partial charge >= 0.3 is 0 Å². The van der Waals surface area contributed by atoms with E-state index in [-0.39, 0.29) is 44.6 Å². The lowest BCUT2D eigenvalue weighted by atomic mass is 9.86. The molecule has 10 aliphatic rings. The fourth-order valence-electron chi connectivity index (χ4n) is 19.4. The number of carbonyl (C=O) groups excluding carboxylic acids is 3. The van der Waals surface area contributed by atoms with Crippen molar-refractivity contribution >= 4 is 64.4 Å². The van der Waals surface area contributed by atoms with Crippen molar-refractivity contribution in [3.8, 4) is 34.5 Å². The maximum Gasteiger partial charge on any atom is 0.294 e. The highest BCUT2D eigenvalue weighted by Crippen LogP contribution is 2.44. The van der Waals surface area contributed by atoms with Crippen molar-refractivity contribution < 1.29 is 84.3 Å². The second-order valence-corrected chi connectivity index (χ2v) is 36.5. The van der Waals surface area contributed by atoms with Crippen molar-refractivity contribution in [2.45, 2.75) is 157 Å². The summed E-state index contributed by atoms with van der Waals surface area (Å²) in [5.74, 6) is 5.19. The van der Waals surface area contributed by atoms with Crippen LogP contribution in [0.2, 0.25) is 0 Å². The summed E-state index contributed by atoms with van der Waals surface area (Å²) in [6.07, 6.45) is 15.9. The summed E-state index contributed by atoms with van der Waals surface area (Å²) >= 11 is 0. The SMILES string of the molecule is Cc1cc(S(=O)(=O)O)ccc1C1=c2cc3c4c(c2Oc2cc(CC(=O)CC[NH3+])ccc21)CCC[N+]=4CCC3.Cc1cc(S(=O)(=O)O)ccc1C1=c2cc3c4c(c2Oc2cc(CC(=O)C[NH3+])ccc21)CCC[N+]=4CCC3.Cc1cc(S(=O)(=O)O)ccc1C1=c2cc3c4c(c2Oc2cc(CC(=O)[C@@H]5CCC[NH2+]5)ccc21)CCC[N+]=4CCC3. The highest BCUT2D eigenvalue weighted by Gasteiger charge is 2.38. The molecule has 9 aromatic rings. The molecular formula is C91H96N6O15S3+6. The van der Waals surface area contributed by atoms with Crippen LogP contribution in [0.1, 0.15) is 158 Å². The van der Waals surface area contributed by atoms with Gasteiger partial charge in [0.1, 0.15) is 92.1 Å². The molecule has 0 saturated carbocycles. The molecule has 0 unspecified atom stereocenters. The number of ether oxygens (including phenoxy) is 3. The van der Waals surface area contributed by atoms with Gasteiger partial charge in [-0.3, -0.25) is 28.0 Å². The molecule has 10 aliphatic heterocycles. The number of nitrogens with zero attached hydrogens (tertiary/aromatic N) is 3. The number of nitrogens with two attached hydrogens (primary N) is 1. The van der Waals surface area contributed by atoms with Crippen molar-refractivity contribution in [1.82, 2.24) is 13.7 Å². The molecule has 21 nitrogen and oxygen atoms in total. The maximum atomic E-state index is 13.0. The molecule has 1 saturated heterocycles. The Balaban J connectivity index is 0.000000124. The standard InChI is InChI=1S/C32H32N2O5S.C30H30N2O5S.C29H28N2O5S/c1-19-15-22(40(36,37)38)9-11-23(19)30-24-10-8-20(16-28(35)27-7-2-12-33-27)17-29(24)39-32-25-6-4-14-34-13-3-5-21(31(25)34)18-26(30)32;1-18-14-22(38(34,35)36)7-9-23(18)28-24-8-6-19(15-21(33)10-11-31)16-27(24)37-30-25-5-3-13-32-12-2-4-20(29(25)32)17-26(28)30;1-17-12-21(37(33,34)35)7-9-22(17)27-23-8-6-18(13-20(32)16-30)14-26(23)36-29-24-5-3-11-31-10-2-4-19(28(24)31)15-25(27)29/h8-11,15,17-18,27,33H,2-7,12-14,16H2,1H3;6-9,14,16-17H,2-5,10-13,15,31H2,1H3;6-9,12,14-15H,2-5,10-11,13,16,30H2,1H3/p+6/t27-;;/m0../s1. The summed E-state index contributed by atoms with van der Waals surface area (Å²) in [5, 5.41) is 9.13. The van der Waals surface area contributed by atoms with Gasteiger partial charge in [0.2, 0.25) is 16.1 Å². The summed E-state index contributed by atoms with van der Waals surface area (Å²) < 4.78 is 127. The molecule has 11 N–H and O–H groups in total. The zero-order chi connectivity index (χ0) is 80.1. The quantitative estimate of drug-likeness (QED) is 0.0555. The Hall–Kier alpha value is -9.99. The van der Waals surface area contributed by atoms with Gasteiger partial charge in [-0.15, -0.1) is 0 Å². The molecule has 9 aromatic carbocycles. The van der Waals surface area contributed by atoms with Crippen molar-refractivity contribution in [2.24, 2.45) is 0 Å². The van der Waals surface area contributed by atoms with Crippen molar-refractivity contribution in [3.05, 3.63) is 259 Å². The molecule has 0 bridgehead atoms. The van der Waals surface area contributed by atoms with Crippen LogP contribution in [0.4, 0.5) is 0 Å². The normalized spacial score (nSPS) is 17.2. The van der Waals surface area contributed by atoms with Crippen LogP contribution in [0.15, 0.2) is 142 Å². The first-order chi connectivity index (χ1) is 55.3. The second kappa shape index (κ2) is 30.9. The number of carbonyl (C=O) groups is 3. The van der Waals surface area contributed by atoms with Crippen LogP contribution < -0.4 is 76.4 Å². The van der Waals surface area contributed by atoms with Gasteiger partial charge in [-0.25, -0.2) is 13.7 Å². The molecular weight excluding hydrogens is 1510 g/mol. The maximum absolute atomic E-state index is 13.0. The molecule has 19 rings (SSSR count). The number of ketones is 3. The number of hydrogen-bond acceptors (Lipinski definition) is 12. The Morgan fingerprint density at radius 1 is 0.417 bits per heavy atom. The number of fused-ring (bicyclic) bond motifs is 9. The molecule has 0 aliphatic carbocycles. The third-order valence-electron chi connectivity index (χ3n) is 24.6. The first kappa shape index (κ1) is 77.6. The summed E-state index contributed by atoms with van der Waals surface area (Å²) in [6.45, 7) is 13.8. The van der Waals surface area contributed by atoms with Crippen LogP contribution in [0.5, 0.6) is 34.5 Å². The topological polar surface area (TPSA) is 323 Å². The van der Waals surface area contributed by atoms with Crippen molar-refractivity contribution in [1.29, 1.82) is 0 Å². The summed E-state index contributed by atoms with van der Waals surface area (Å²) in [5.41, 5.74) is 28.6. The molecule has 24 heteroatoms. The summed E-state index contributed by atoms with van der Waals surface area (Å²) in [7, 11) is -12.9. The lowest BCUT2D eigenvalue weighted by Crippen LogP contribution is -2.88. The molecule has 115 heavy (non-hydrogen) atoms. The zero-order valence-electron chi connectivity index (χ0n) is 65.1. The molecule has 1 fully saturated rings. The van der Waals surface area contributed by atoms with Gasteiger partial charge < -0.3 is 31.0 Å². The minimum Gasteiger partial charge on any atom is -0.456 e. The monoisotopic (exact) mass is 1610 g/mol. The number of rotatable bonds is 16. The van der Waals surface area contributed by atoms with E-state index >= 15 is 0 Å². The fourth-order valence-corrected chi connectivity index (χ4v) is 21.1. The Bertz CT molecular complexity index is 6520. The molecule has 0 spiro atoms. The molecule has 0 aromatic heterocycles. The molecule has 0 radical (unpaired) electrons. The Morgan fingerprint density at radius 3 is 1.06 bits per heavy atom. The predicted octanol–water partition coefficient (Wildman–Crippen LogP) is 4.87. The van der Waals surface area contributed by atoms with Gasteiger partial charge in [0.25, 0.3) is 30.4 Å². The Kier molecular flexibility index (Phi) is 20.8. The number of benzene rings is 9. The third kappa shape index (κ3) is 14.8. The number of quaternary nitrogens is 3. The third-order valence-corrected chi connectivity index (χ3v) is 27.2. The van der Waals surface area contributed by atoms with Crippen LogP contribution in [-0.2, 0) is 103 Å². The first-order valence-electron chi connectivity index (χ1n) is 40.4. The Morgan fingerprint density at radius 2 is 0.748 bits per heavy atom. The van der Waals surface area contributed by atoms with E-state index in [1.54, 1.807) is 18.2 Å². The average molecular weight is 1610 g/mol. The number of aryl methyl sites for hydroxylation is 6. The van der Waals surface area contributed by atoms with Crippen molar-refractivity contribution in [3.63, 3.8) is 0 Å². The van der Waals surface area contributed by atoms with Crippen LogP contribution in [0, 0.1) is 20.8 Å². The van der Waals surface area contributed by atoms with E-state index in [4.69, 9.17) is 14.2 Å². The van der Waals surface area contributed by atoms with Crippen LogP contribution in [-0.4, -0.2) is 121 Å². The van der Waals surface area contributed by atoms with Crippen LogP contribution in [0.3, 0.4) is 0 Å². The minimum atomic E-state index is -4.31. The molecule has 1 atom stereocenters. The van der Waals surface area contributed by atoms with Gasteiger partial charge in [0.05, 0.1) is 50.9 Å². The van der Waals surface area contributed by atoms with E-state index in [0.29, 0.717) is 43.7 Å². The van der Waals surface area contributed by atoms with Crippen LogP contribution >= 0.6 is 0 Å². The highest BCUT2D eigenvalue weighted by atomic mass is 32.2. The van der Waals surface area contributed by atoms with E-state index in [2.05, 4.69) is 48.7 Å².